The molecule has 2 N–H and O–H groups in total. The van der Waals surface area contributed by atoms with E-state index in [1.165, 1.54) is 0 Å². The zero-order chi connectivity index (χ0) is 17.0. The Morgan fingerprint density at radius 3 is 2.69 bits per heavy atom. The van der Waals surface area contributed by atoms with E-state index in [1.54, 1.807) is 0 Å². The van der Waals surface area contributed by atoms with Crippen molar-refractivity contribution in [3.8, 4) is 0 Å². The molecule has 0 radical (unpaired) electrons. The number of sulfone groups is 1. The number of ether oxygens (including phenoxy) is 1. The lowest BCUT2D eigenvalue weighted by atomic mass is 10.1. The van der Waals surface area contributed by atoms with Gasteiger partial charge in [0.2, 0.25) is 0 Å². The van der Waals surface area contributed by atoms with Crippen LogP contribution in [0.25, 0.3) is 0 Å². The predicted octanol–water partition coefficient (Wildman–Crippen LogP) is 1.39. The average Bonchev–Trinajstić information content (AvgIpc) is 2.75. The van der Waals surface area contributed by atoms with Crippen molar-refractivity contribution in [3.05, 3.63) is 17.1 Å². The first-order chi connectivity index (χ1) is 11.6. The van der Waals surface area contributed by atoms with Crippen LogP contribution in [0.15, 0.2) is 0 Å². The maximum atomic E-state index is 11.6. The number of aromatic nitrogens is 2. The van der Waals surface area contributed by atoms with Crippen molar-refractivity contribution in [1.82, 2.24) is 15.3 Å². The molecular weight excluding hydrogens is 399 g/mol. The highest BCUT2D eigenvalue weighted by Gasteiger charge is 2.28. The van der Waals surface area contributed by atoms with Crippen LogP contribution in [0.2, 0.25) is 0 Å². The molecule has 0 saturated carbocycles. The van der Waals surface area contributed by atoms with Gasteiger partial charge in [-0.15, -0.1) is 24.8 Å². The molecule has 1 aromatic rings. The third kappa shape index (κ3) is 6.20. The van der Waals surface area contributed by atoms with E-state index in [0.717, 1.165) is 49.4 Å². The predicted molar refractivity (Wildman–Crippen MR) is 107 cm³/mol. The smallest absolute Gasteiger partial charge is 0.156 e. The van der Waals surface area contributed by atoms with Crippen LogP contribution in [-0.2, 0) is 34.0 Å². The standard InChI is InChI=1S/C16H26N4O3S.2ClH/c1-2-23-10-15-19-14-4-7-17-6-3-13(14)16(20-15)18-9-12-5-8-24(21,22)11-12;;/h12,17H,2-11H2,1H3,(H,18,19,20);2*1H. The summed E-state index contributed by atoms with van der Waals surface area (Å²) in [5, 5.41) is 6.78. The molecule has 7 nitrogen and oxygen atoms in total. The van der Waals surface area contributed by atoms with Crippen LogP contribution in [0, 0.1) is 5.92 Å². The Bertz CT molecular complexity index is 688. The monoisotopic (exact) mass is 426 g/mol. The number of nitrogens with zero attached hydrogens (tertiary/aromatic N) is 2. The Labute approximate surface area is 167 Å². The molecule has 3 rings (SSSR count). The SMILES string of the molecule is CCOCc1nc2c(c(NCC3CCS(=O)(=O)C3)n1)CCNCC2.Cl.Cl. The summed E-state index contributed by atoms with van der Waals surface area (Å²) in [4.78, 5) is 9.30. The molecule has 1 aromatic heterocycles. The molecule has 2 aliphatic heterocycles. The molecule has 1 unspecified atom stereocenters. The van der Waals surface area contributed by atoms with E-state index in [9.17, 15) is 8.42 Å². The van der Waals surface area contributed by atoms with E-state index >= 15 is 0 Å². The Kier molecular flexibility index (Phi) is 9.54. The van der Waals surface area contributed by atoms with Crippen molar-refractivity contribution in [1.29, 1.82) is 0 Å². The lowest BCUT2D eigenvalue weighted by molar-refractivity contribution is 0.128. The fourth-order valence-electron chi connectivity index (χ4n) is 3.27. The van der Waals surface area contributed by atoms with Crippen LogP contribution < -0.4 is 10.6 Å². The zero-order valence-electron chi connectivity index (χ0n) is 15.0. The van der Waals surface area contributed by atoms with Gasteiger partial charge in [0.1, 0.15) is 12.4 Å². The molecule has 3 heterocycles. The minimum atomic E-state index is -2.85. The van der Waals surface area contributed by atoms with Crippen molar-refractivity contribution in [2.24, 2.45) is 5.92 Å². The van der Waals surface area contributed by atoms with E-state index in [2.05, 4.69) is 20.6 Å². The first-order valence-electron chi connectivity index (χ1n) is 8.69. The summed E-state index contributed by atoms with van der Waals surface area (Å²) >= 11 is 0. The van der Waals surface area contributed by atoms with Crippen LogP contribution in [0.5, 0.6) is 0 Å². The largest absolute Gasteiger partial charge is 0.374 e. The molecule has 1 fully saturated rings. The van der Waals surface area contributed by atoms with Crippen molar-refractivity contribution in [2.45, 2.75) is 32.8 Å². The van der Waals surface area contributed by atoms with Gasteiger partial charge in [-0.1, -0.05) is 0 Å². The summed E-state index contributed by atoms with van der Waals surface area (Å²) in [6, 6.07) is 0. The minimum absolute atomic E-state index is 0. The van der Waals surface area contributed by atoms with Gasteiger partial charge in [-0.25, -0.2) is 18.4 Å². The van der Waals surface area contributed by atoms with Crippen LogP contribution in [0.4, 0.5) is 5.82 Å². The highest BCUT2D eigenvalue weighted by Crippen LogP contribution is 2.23. The molecule has 0 aromatic carbocycles. The van der Waals surface area contributed by atoms with Gasteiger partial charge in [0.15, 0.2) is 15.7 Å². The van der Waals surface area contributed by atoms with Crippen molar-refractivity contribution >= 4 is 40.5 Å². The minimum Gasteiger partial charge on any atom is -0.374 e. The third-order valence-electron chi connectivity index (χ3n) is 4.55. The number of rotatable bonds is 6. The Balaban J connectivity index is 0.00000169. The highest BCUT2D eigenvalue weighted by atomic mass is 35.5. The van der Waals surface area contributed by atoms with E-state index in [-0.39, 0.29) is 36.5 Å². The van der Waals surface area contributed by atoms with Crippen molar-refractivity contribution < 1.29 is 13.2 Å². The lowest BCUT2D eigenvalue weighted by Gasteiger charge is -2.16. The maximum Gasteiger partial charge on any atom is 0.156 e. The Morgan fingerprint density at radius 2 is 2.00 bits per heavy atom. The molecule has 26 heavy (non-hydrogen) atoms. The van der Waals surface area contributed by atoms with Gasteiger partial charge < -0.3 is 15.4 Å². The molecule has 10 heteroatoms. The fourth-order valence-corrected chi connectivity index (χ4v) is 5.14. The van der Waals surface area contributed by atoms with Gasteiger partial charge in [0, 0.05) is 31.7 Å². The molecule has 2 aliphatic rings. The third-order valence-corrected chi connectivity index (χ3v) is 6.39. The van der Waals surface area contributed by atoms with Gasteiger partial charge in [0.25, 0.3) is 0 Å². The first kappa shape index (κ1) is 23.4. The van der Waals surface area contributed by atoms with Gasteiger partial charge in [-0.3, -0.25) is 0 Å². The molecule has 0 spiro atoms. The van der Waals surface area contributed by atoms with E-state index in [0.29, 0.717) is 31.3 Å². The fraction of sp³-hybridized carbons (Fsp3) is 0.750. The molecule has 1 atom stereocenters. The van der Waals surface area contributed by atoms with Crippen LogP contribution in [0.3, 0.4) is 0 Å². The van der Waals surface area contributed by atoms with E-state index in [4.69, 9.17) is 4.74 Å². The maximum absolute atomic E-state index is 11.6. The zero-order valence-corrected chi connectivity index (χ0v) is 17.4. The van der Waals surface area contributed by atoms with Crippen molar-refractivity contribution in [3.63, 3.8) is 0 Å². The number of hydrogen-bond acceptors (Lipinski definition) is 7. The average molecular weight is 427 g/mol. The van der Waals surface area contributed by atoms with Gasteiger partial charge in [-0.2, -0.15) is 0 Å². The number of halogens is 2. The Morgan fingerprint density at radius 1 is 1.23 bits per heavy atom. The normalized spacial score (nSPS) is 21.0. The number of hydrogen-bond donors (Lipinski definition) is 2. The second kappa shape index (κ2) is 10.6. The van der Waals surface area contributed by atoms with Gasteiger partial charge >= 0.3 is 0 Å². The van der Waals surface area contributed by atoms with Gasteiger partial charge in [-0.05, 0) is 32.2 Å². The topological polar surface area (TPSA) is 93.2 Å². The molecule has 150 valence electrons. The van der Waals surface area contributed by atoms with E-state index < -0.39 is 9.84 Å². The second-order valence-corrected chi connectivity index (χ2v) is 8.68. The first-order valence-corrected chi connectivity index (χ1v) is 10.5. The number of anilines is 1. The summed E-state index contributed by atoms with van der Waals surface area (Å²) < 4.78 is 28.7. The summed E-state index contributed by atoms with van der Waals surface area (Å²) in [6.07, 6.45) is 2.50. The summed E-state index contributed by atoms with van der Waals surface area (Å²) in [6.45, 7) is 5.46. The summed E-state index contributed by atoms with van der Waals surface area (Å²) in [7, 11) is -2.85. The number of fused-ring (bicyclic) bond motifs is 1. The van der Waals surface area contributed by atoms with Crippen LogP contribution >= 0.6 is 24.8 Å². The summed E-state index contributed by atoms with van der Waals surface area (Å²) in [5.41, 5.74) is 2.23. The molecule has 0 amide bonds. The molecular formula is C16H28Cl2N4O3S. The highest BCUT2D eigenvalue weighted by molar-refractivity contribution is 7.91. The Hall–Kier alpha value is -0.670. The number of nitrogens with one attached hydrogen (secondary N) is 2. The summed E-state index contributed by atoms with van der Waals surface area (Å²) in [5.74, 6) is 2.29. The van der Waals surface area contributed by atoms with Crippen molar-refractivity contribution in [2.75, 3.05) is 43.1 Å². The molecule has 1 saturated heterocycles. The second-order valence-electron chi connectivity index (χ2n) is 6.45. The van der Waals surface area contributed by atoms with Crippen LogP contribution in [-0.4, -0.2) is 56.1 Å². The van der Waals surface area contributed by atoms with Crippen LogP contribution in [0.1, 0.15) is 30.4 Å². The van der Waals surface area contributed by atoms with E-state index in [1.807, 2.05) is 6.92 Å². The lowest BCUT2D eigenvalue weighted by Crippen LogP contribution is -2.19. The molecule has 0 bridgehead atoms. The quantitative estimate of drug-likeness (QED) is 0.709. The van der Waals surface area contributed by atoms with Gasteiger partial charge in [0.05, 0.1) is 17.2 Å². The molecule has 0 aliphatic carbocycles.